The van der Waals surface area contributed by atoms with Crippen LogP contribution in [0.25, 0.3) is 10.9 Å². The topological polar surface area (TPSA) is 67.3 Å². The zero-order valence-corrected chi connectivity index (χ0v) is 17.0. The van der Waals surface area contributed by atoms with Crippen LogP contribution >= 0.6 is 0 Å². The third kappa shape index (κ3) is 4.35. The molecule has 0 amide bonds. The number of hydrogen-bond donors (Lipinski definition) is 2. The predicted molar refractivity (Wildman–Crippen MR) is 120 cm³/mol. The number of aromatic hydroxyl groups is 1. The highest BCUT2D eigenvalue weighted by Gasteiger charge is 2.20. The molecule has 0 saturated carbocycles. The van der Waals surface area contributed by atoms with E-state index < -0.39 is 0 Å². The maximum Gasteiger partial charge on any atom is 0.147 e. The van der Waals surface area contributed by atoms with Gasteiger partial charge in [-0.25, -0.2) is 0 Å². The van der Waals surface area contributed by atoms with E-state index in [1.54, 1.807) is 18.6 Å². The fourth-order valence-electron chi connectivity index (χ4n) is 3.42. The Balaban J connectivity index is 1.66. The molecule has 2 aromatic carbocycles. The fraction of sp³-hybridized carbons (Fsp3) is 0.200. The molecular weight excluding hydrogens is 374 g/mol. The summed E-state index contributed by atoms with van der Waals surface area (Å²) in [4.78, 5) is 8.49. The van der Waals surface area contributed by atoms with Crippen molar-refractivity contribution >= 4 is 16.6 Å². The van der Waals surface area contributed by atoms with E-state index in [-0.39, 0.29) is 11.8 Å². The van der Waals surface area contributed by atoms with E-state index in [1.165, 1.54) is 0 Å². The quantitative estimate of drug-likeness (QED) is 0.371. The lowest BCUT2D eigenvalue weighted by atomic mass is 9.96. The number of aromatic nitrogens is 2. The van der Waals surface area contributed by atoms with E-state index >= 15 is 0 Å². The van der Waals surface area contributed by atoms with E-state index in [2.05, 4.69) is 22.2 Å². The molecule has 0 aliphatic heterocycles. The number of benzene rings is 2. The Bertz CT molecular complexity index is 1100. The summed E-state index contributed by atoms with van der Waals surface area (Å²) in [6.07, 6.45) is 7.35. The van der Waals surface area contributed by atoms with Crippen LogP contribution in [0.5, 0.6) is 11.5 Å². The van der Waals surface area contributed by atoms with Crippen LogP contribution in [0.15, 0.2) is 79.3 Å². The van der Waals surface area contributed by atoms with Crippen molar-refractivity contribution in [3.05, 3.63) is 90.4 Å². The van der Waals surface area contributed by atoms with Crippen molar-refractivity contribution in [2.75, 3.05) is 11.9 Å². The lowest BCUT2D eigenvalue weighted by molar-refractivity contribution is 0.309. The van der Waals surface area contributed by atoms with Gasteiger partial charge in [0.15, 0.2) is 0 Å². The summed E-state index contributed by atoms with van der Waals surface area (Å²) in [6, 6.07) is 19.3. The van der Waals surface area contributed by atoms with Crippen molar-refractivity contribution in [1.29, 1.82) is 0 Å². The molecule has 2 heterocycles. The van der Waals surface area contributed by atoms with Crippen molar-refractivity contribution in [2.45, 2.75) is 25.8 Å². The highest BCUT2D eigenvalue weighted by molar-refractivity contribution is 5.86. The van der Waals surface area contributed by atoms with Crippen LogP contribution in [0.1, 0.15) is 36.9 Å². The fourth-order valence-corrected chi connectivity index (χ4v) is 3.42. The number of phenols is 1. The number of ether oxygens (including phenoxy) is 1. The predicted octanol–water partition coefficient (Wildman–Crippen LogP) is 5.72. The number of phenolic OH excluding ortho intramolecular Hbond substituents is 1. The number of nitrogens with one attached hydrogen (secondary N) is 1. The van der Waals surface area contributed by atoms with Crippen LogP contribution in [0.3, 0.4) is 0 Å². The molecule has 30 heavy (non-hydrogen) atoms. The summed E-state index contributed by atoms with van der Waals surface area (Å²) < 4.78 is 5.76. The molecule has 0 radical (unpaired) electrons. The van der Waals surface area contributed by atoms with Crippen molar-refractivity contribution in [3.8, 4) is 11.5 Å². The molecule has 1 atom stereocenters. The highest BCUT2D eigenvalue weighted by Crippen LogP contribution is 2.36. The van der Waals surface area contributed by atoms with Gasteiger partial charge in [0, 0.05) is 35.2 Å². The average Bonchev–Trinajstić information content (AvgIpc) is 2.80. The standard InChI is InChI=1S/C25H25N3O2/c1-2-3-17-30-21-9-7-20(8-10-21)28-23(19-12-15-26-16-13-19)22-11-6-18-5-4-14-27-24(18)25(22)29/h4-16,23,28-29H,2-3,17H2,1H3. The van der Waals surface area contributed by atoms with Crippen molar-refractivity contribution in [3.63, 3.8) is 0 Å². The molecule has 2 aromatic heterocycles. The second kappa shape index (κ2) is 9.27. The van der Waals surface area contributed by atoms with E-state index in [0.717, 1.165) is 47.4 Å². The van der Waals surface area contributed by atoms with E-state index in [4.69, 9.17) is 4.74 Å². The summed E-state index contributed by atoms with van der Waals surface area (Å²) in [5.41, 5.74) is 3.28. The second-order valence-corrected chi connectivity index (χ2v) is 7.16. The van der Waals surface area contributed by atoms with Gasteiger partial charge in [0.1, 0.15) is 17.0 Å². The number of fused-ring (bicyclic) bond motifs is 1. The van der Waals surface area contributed by atoms with Gasteiger partial charge in [-0.2, -0.15) is 0 Å². The molecule has 0 saturated heterocycles. The zero-order valence-electron chi connectivity index (χ0n) is 17.0. The first-order valence-electron chi connectivity index (χ1n) is 10.2. The summed E-state index contributed by atoms with van der Waals surface area (Å²) in [5, 5.41) is 15.4. The van der Waals surface area contributed by atoms with E-state index in [1.807, 2.05) is 60.7 Å². The van der Waals surface area contributed by atoms with Crippen LogP contribution < -0.4 is 10.1 Å². The molecule has 5 nitrogen and oxygen atoms in total. The van der Waals surface area contributed by atoms with Crippen LogP contribution in [-0.4, -0.2) is 21.7 Å². The number of nitrogens with zero attached hydrogens (tertiary/aromatic N) is 2. The van der Waals surface area contributed by atoms with Gasteiger partial charge in [0.2, 0.25) is 0 Å². The Hall–Kier alpha value is -3.60. The monoisotopic (exact) mass is 399 g/mol. The van der Waals surface area contributed by atoms with Crippen LogP contribution in [0, 0.1) is 0 Å². The minimum atomic E-state index is -0.258. The first-order valence-corrected chi connectivity index (χ1v) is 10.2. The number of hydrogen-bond acceptors (Lipinski definition) is 5. The molecular formula is C25H25N3O2. The van der Waals surface area contributed by atoms with Gasteiger partial charge < -0.3 is 15.2 Å². The first kappa shape index (κ1) is 19.7. The highest BCUT2D eigenvalue weighted by atomic mass is 16.5. The van der Waals surface area contributed by atoms with Gasteiger partial charge in [0.05, 0.1) is 12.6 Å². The normalized spacial score (nSPS) is 11.9. The molecule has 2 N–H and O–H groups in total. The van der Waals surface area contributed by atoms with Gasteiger partial charge in [0.25, 0.3) is 0 Å². The van der Waals surface area contributed by atoms with Crippen molar-refractivity contribution < 1.29 is 9.84 Å². The van der Waals surface area contributed by atoms with Crippen LogP contribution in [-0.2, 0) is 0 Å². The molecule has 1 unspecified atom stereocenters. The molecule has 4 aromatic rings. The molecule has 0 spiro atoms. The Morgan fingerprint density at radius 1 is 0.967 bits per heavy atom. The van der Waals surface area contributed by atoms with Gasteiger partial charge in [-0.15, -0.1) is 0 Å². The number of rotatable bonds is 8. The van der Waals surface area contributed by atoms with Crippen molar-refractivity contribution in [2.24, 2.45) is 0 Å². The SMILES string of the molecule is CCCCOc1ccc(NC(c2ccncc2)c2ccc3cccnc3c2O)cc1. The largest absolute Gasteiger partial charge is 0.505 e. The molecule has 4 rings (SSSR count). The smallest absolute Gasteiger partial charge is 0.147 e. The van der Waals surface area contributed by atoms with Gasteiger partial charge >= 0.3 is 0 Å². The van der Waals surface area contributed by atoms with Gasteiger partial charge in [-0.1, -0.05) is 31.5 Å². The summed E-state index contributed by atoms with van der Waals surface area (Å²) in [5.74, 6) is 1.04. The Morgan fingerprint density at radius 2 is 1.77 bits per heavy atom. The van der Waals surface area contributed by atoms with Gasteiger partial charge in [-0.3, -0.25) is 9.97 Å². The van der Waals surface area contributed by atoms with Crippen LogP contribution in [0.2, 0.25) is 0 Å². The third-order valence-electron chi connectivity index (χ3n) is 5.06. The number of pyridine rings is 2. The Morgan fingerprint density at radius 3 is 2.53 bits per heavy atom. The first-order chi connectivity index (χ1) is 14.8. The maximum atomic E-state index is 11.0. The maximum absolute atomic E-state index is 11.0. The summed E-state index contributed by atoms with van der Waals surface area (Å²) in [6.45, 7) is 2.87. The molecule has 5 heteroatoms. The number of anilines is 1. The summed E-state index contributed by atoms with van der Waals surface area (Å²) >= 11 is 0. The third-order valence-corrected chi connectivity index (χ3v) is 5.06. The molecule has 0 fully saturated rings. The lowest BCUT2D eigenvalue weighted by Crippen LogP contribution is -2.13. The molecule has 0 aliphatic carbocycles. The number of unbranched alkanes of at least 4 members (excludes halogenated alkanes) is 1. The Kier molecular flexibility index (Phi) is 6.09. The van der Waals surface area contributed by atoms with Crippen molar-refractivity contribution in [1.82, 2.24) is 9.97 Å². The Labute approximate surface area is 176 Å². The second-order valence-electron chi connectivity index (χ2n) is 7.16. The van der Waals surface area contributed by atoms with E-state index in [9.17, 15) is 5.11 Å². The zero-order chi connectivity index (χ0) is 20.8. The summed E-state index contributed by atoms with van der Waals surface area (Å²) in [7, 11) is 0. The lowest BCUT2D eigenvalue weighted by Gasteiger charge is -2.22. The van der Waals surface area contributed by atoms with E-state index in [0.29, 0.717) is 5.52 Å². The molecule has 0 bridgehead atoms. The van der Waals surface area contributed by atoms with Crippen LogP contribution in [0.4, 0.5) is 5.69 Å². The molecule has 152 valence electrons. The average molecular weight is 399 g/mol. The molecule has 0 aliphatic rings. The minimum absolute atomic E-state index is 0.182. The minimum Gasteiger partial charge on any atom is -0.505 e. The van der Waals surface area contributed by atoms with Gasteiger partial charge in [-0.05, 0) is 54.4 Å².